The van der Waals surface area contributed by atoms with Crippen LogP contribution in [0.15, 0.2) is 90.0 Å². The number of anilines is 4. The Hall–Kier alpha value is -4.57. The summed E-state index contributed by atoms with van der Waals surface area (Å²) in [6.45, 7) is 5.54. The lowest BCUT2D eigenvalue weighted by Crippen LogP contribution is -2.47. The van der Waals surface area contributed by atoms with Crippen LogP contribution in [0, 0.1) is 0 Å². The summed E-state index contributed by atoms with van der Waals surface area (Å²) >= 11 is 1.54. The number of sulfone groups is 1. The first-order chi connectivity index (χ1) is 24.0. The molecule has 3 aromatic carbocycles. The van der Waals surface area contributed by atoms with E-state index in [-0.39, 0.29) is 10.6 Å². The van der Waals surface area contributed by atoms with Crippen LogP contribution in [0.25, 0.3) is 21.8 Å². The van der Waals surface area contributed by atoms with Crippen molar-refractivity contribution in [2.75, 3.05) is 66.8 Å². The molecule has 0 amide bonds. The molecule has 1 aliphatic rings. The number of methoxy groups -OCH3 is 1. The minimum absolute atomic E-state index is 0.153. The number of hydrogen-bond acceptors (Lipinski definition) is 12. The van der Waals surface area contributed by atoms with Gasteiger partial charge in [-0.25, -0.2) is 31.8 Å². The van der Waals surface area contributed by atoms with Crippen molar-refractivity contribution in [3.63, 3.8) is 0 Å². The van der Waals surface area contributed by atoms with Gasteiger partial charge in [-0.3, -0.25) is 9.62 Å². The highest BCUT2D eigenvalue weighted by atomic mass is 32.2. The number of nitrogens with zero attached hydrogens (tertiary/aromatic N) is 5. The molecule has 3 heterocycles. The van der Waals surface area contributed by atoms with Crippen LogP contribution in [-0.2, 0) is 26.3 Å². The van der Waals surface area contributed by atoms with Gasteiger partial charge in [-0.1, -0.05) is 37.3 Å². The van der Waals surface area contributed by atoms with Gasteiger partial charge in [0.15, 0.2) is 0 Å². The molecule has 0 unspecified atom stereocenters. The molecule has 2 N–H and O–H groups in total. The van der Waals surface area contributed by atoms with E-state index in [9.17, 15) is 16.8 Å². The van der Waals surface area contributed by atoms with Crippen molar-refractivity contribution >= 4 is 54.2 Å². The number of rotatable bonds is 13. The molecular formula is C35H39N7O5S3. The van der Waals surface area contributed by atoms with Crippen molar-refractivity contribution in [3.8, 4) is 27.6 Å². The Morgan fingerprint density at radius 2 is 1.66 bits per heavy atom. The fourth-order valence-corrected chi connectivity index (χ4v) is 8.28. The molecule has 5 aromatic rings. The van der Waals surface area contributed by atoms with Gasteiger partial charge in [0.1, 0.15) is 15.6 Å². The van der Waals surface area contributed by atoms with Gasteiger partial charge >= 0.3 is 0 Å². The third-order valence-corrected chi connectivity index (χ3v) is 11.8. The minimum atomic E-state index is -3.76. The Kier molecular flexibility index (Phi) is 10.7. The van der Waals surface area contributed by atoms with E-state index in [1.807, 2.05) is 37.3 Å². The number of piperazine rings is 1. The number of thiazole rings is 1. The van der Waals surface area contributed by atoms with Crippen molar-refractivity contribution in [2.45, 2.75) is 18.2 Å². The predicted molar refractivity (Wildman–Crippen MR) is 200 cm³/mol. The highest BCUT2D eigenvalue weighted by molar-refractivity contribution is 7.92. The molecule has 15 heteroatoms. The van der Waals surface area contributed by atoms with Crippen LogP contribution >= 0.6 is 11.3 Å². The molecule has 0 aliphatic carbocycles. The van der Waals surface area contributed by atoms with E-state index in [1.165, 1.54) is 6.26 Å². The second-order valence-electron chi connectivity index (χ2n) is 11.9. The summed E-state index contributed by atoms with van der Waals surface area (Å²) in [5.41, 5.74) is 4.29. The third-order valence-electron chi connectivity index (χ3n) is 8.23. The highest BCUT2D eigenvalue weighted by Gasteiger charge is 2.22. The molecule has 2 aromatic heterocycles. The molecular weight excluding hydrogens is 695 g/mol. The fraction of sp³-hybridized carbons (Fsp3) is 0.286. The number of aromatic nitrogens is 3. The van der Waals surface area contributed by atoms with Crippen LogP contribution in [0.5, 0.6) is 5.75 Å². The first-order valence-electron chi connectivity index (χ1n) is 16.1. The molecule has 262 valence electrons. The van der Waals surface area contributed by atoms with Crippen molar-refractivity contribution in [1.82, 2.24) is 19.9 Å². The lowest BCUT2D eigenvalue weighted by atomic mass is 10.1. The first-order valence-corrected chi connectivity index (χ1v) is 20.5. The average Bonchev–Trinajstić information content (AvgIpc) is 3.56. The molecule has 1 saturated heterocycles. The SMILES string of the molecule is CCc1nc(-c2cccc(NS(=O)(=O)c3ccccc3)c2)c(-c2ccnc(Nc3ccc(OC)c(N4CCN(CCS(C)(=O)=O)CC4)c3)n2)s1. The van der Waals surface area contributed by atoms with Crippen LogP contribution < -0.4 is 19.7 Å². The minimum Gasteiger partial charge on any atom is -0.495 e. The fourth-order valence-electron chi connectivity index (χ4n) is 5.63. The largest absolute Gasteiger partial charge is 0.495 e. The van der Waals surface area contributed by atoms with Crippen molar-refractivity contribution in [1.29, 1.82) is 0 Å². The smallest absolute Gasteiger partial charge is 0.261 e. The molecule has 1 aliphatic heterocycles. The van der Waals surface area contributed by atoms with E-state index in [2.05, 4.69) is 24.8 Å². The monoisotopic (exact) mass is 733 g/mol. The summed E-state index contributed by atoms with van der Waals surface area (Å²) in [6, 6.07) is 23.1. The number of sulfonamides is 1. The number of ether oxygens (including phenoxy) is 1. The maximum Gasteiger partial charge on any atom is 0.261 e. The summed E-state index contributed by atoms with van der Waals surface area (Å²) < 4.78 is 57.7. The number of hydrogen-bond donors (Lipinski definition) is 2. The van der Waals surface area contributed by atoms with Crippen LogP contribution in [0.2, 0.25) is 0 Å². The van der Waals surface area contributed by atoms with Gasteiger partial charge in [-0.2, -0.15) is 0 Å². The van der Waals surface area contributed by atoms with Crippen molar-refractivity contribution in [3.05, 3.63) is 90.1 Å². The lowest BCUT2D eigenvalue weighted by molar-refractivity contribution is 0.271. The Bertz CT molecular complexity index is 2170. The summed E-state index contributed by atoms with van der Waals surface area (Å²) in [4.78, 5) is 19.7. The first kappa shape index (κ1) is 35.3. The number of aryl methyl sites for hydroxylation is 1. The molecule has 6 rings (SSSR count). The Balaban J connectivity index is 1.22. The van der Waals surface area contributed by atoms with Crippen molar-refractivity contribution in [2.24, 2.45) is 0 Å². The molecule has 1 fully saturated rings. The topological polar surface area (TPSA) is 147 Å². The highest BCUT2D eigenvalue weighted by Crippen LogP contribution is 2.38. The Labute approximate surface area is 297 Å². The molecule has 12 nitrogen and oxygen atoms in total. The second kappa shape index (κ2) is 15.1. The van der Waals surface area contributed by atoms with Crippen LogP contribution in [0.1, 0.15) is 11.9 Å². The van der Waals surface area contributed by atoms with Gasteiger partial charge in [0.05, 0.1) is 44.7 Å². The summed E-state index contributed by atoms with van der Waals surface area (Å²) in [6.07, 6.45) is 3.70. The summed E-state index contributed by atoms with van der Waals surface area (Å²) in [7, 11) is -5.13. The van der Waals surface area contributed by atoms with E-state index in [4.69, 9.17) is 14.7 Å². The molecule has 0 bridgehead atoms. The van der Waals surface area contributed by atoms with Crippen LogP contribution in [-0.4, -0.2) is 88.5 Å². The summed E-state index contributed by atoms with van der Waals surface area (Å²) in [5.74, 6) is 1.30. The third kappa shape index (κ3) is 8.59. The van der Waals surface area contributed by atoms with Gasteiger partial charge in [-0.05, 0) is 55.0 Å². The molecule has 0 spiro atoms. The van der Waals surface area contributed by atoms with Crippen molar-refractivity contribution < 1.29 is 21.6 Å². The molecule has 0 atom stereocenters. The van der Waals surface area contributed by atoms with E-state index in [1.54, 1.807) is 73.2 Å². The van der Waals surface area contributed by atoms with Gasteiger partial charge in [0.2, 0.25) is 5.95 Å². The van der Waals surface area contributed by atoms with Gasteiger partial charge < -0.3 is 15.0 Å². The zero-order valence-corrected chi connectivity index (χ0v) is 30.5. The zero-order chi connectivity index (χ0) is 35.3. The zero-order valence-electron chi connectivity index (χ0n) is 28.0. The Morgan fingerprint density at radius 1 is 0.880 bits per heavy atom. The van der Waals surface area contributed by atoms with E-state index in [0.29, 0.717) is 29.6 Å². The molecule has 0 radical (unpaired) electrons. The maximum atomic E-state index is 13.0. The standard InChI is InChI=1S/C35H39N7O5S3/c1-4-32-39-33(25-9-8-10-27(23-25)40-50(45,46)28-11-6-5-7-12-28)34(48-32)29-15-16-36-35(38-29)37-26-13-14-31(47-2)30(24-26)42-19-17-41(18-20-42)21-22-49(3,43)44/h5-16,23-24,40H,4,17-22H2,1-3H3,(H,36,37,38). The second-order valence-corrected chi connectivity index (χ2v) is 16.9. The van der Waals surface area contributed by atoms with E-state index < -0.39 is 19.9 Å². The number of nitrogens with one attached hydrogen (secondary N) is 2. The predicted octanol–water partition coefficient (Wildman–Crippen LogP) is 5.55. The number of benzene rings is 3. The van der Waals surface area contributed by atoms with Gasteiger partial charge in [0, 0.05) is 62.1 Å². The van der Waals surface area contributed by atoms with Gasteiger partial charge in [0.25, 0.3) is 10.0 Å². The molecule has 50 heavy (non-hydrogen) atoms. The van der Waals surface area contributed by atoms with E-state index >= 15 is 0 Å². The maximum absolute atomic E-state index is 13.0. The van der Waals surface area contributed by atoms with Crippen LogP contribution in [0.4, 0.5) is 23.0 Å². The quantitative estimate of drug-likeness (QED) is 0.157. The normalized spacial score (nSPS) is 14.0. The van der Waals surface area contributed by atoms with E-state index in [0.717, 1.165) is 65.2 Å². The van der Waals surface area contributed by atoms with Gasteiger partial charge in [-0.15, -0.1) is 11.3 Å². The average molecular weight is 734 g/mol. The lowest BCUT2D eigenvalue weighted by Gasteiger charge is -2.36. The molecule has 0 saturated carbocycles. The van der Waals surface area contributed by atoms with Crippen LogP contribution in [0.3, 0.4) is 0 Å². The Morgan fingerprint density at radius 3 is 2.38 bits per heavy atom. The summed E-state index contributed by atoms with van der Waals surface area (Å²) in [5, 5.41) is 4.27.